The molecule has 0 radical (unpaired) electrons. The molecule has 0 aromatic heterocycles. The van der Waals surface area contributed by atoms with Gasteiger partial charge in [-0.1, -0.05) is 23.7 Å². The van der Waals surface area contributed by atoms with E-state index in [-0.39, 0.29) is 23.8 Å². The van der Waals surface area contributed by atoms with Gasteiger partial charge in [0.2, 0.25) is 10.0 Å². The number of hydrogen-bond donors (Lipinski definition) is 5. The Labute approximate surface area is 205 Å². The van der Waals surface area contributed by atoms with Crippen molar-refractivity contribution in [1.29, 1.82) is 0 Å². The monoisotopic (exact) mass is 562 g/mol. The Balaban J connectivity index is 2.07. The Morgan fingerprint density at radius 1 is 1.06 bits per heavy atom. The molecule has 0 aliphatic rings. The topological polar surface area (TPSA) is 146 Å². The Bertz CT molecular complexity index is 1140. The highest BCUT2D eigenvalue weighted by Crippen LogP contribution is 2.36. The number of ether oxygens (including phenoxy) is 1. The van der Waals surface area contributed by atoms with Gasteiger partial charge in [-0.15, -0.1) is 0 Å². The van der Waals surface area contributed by atoms with E-state index in [0.29, 0.717) is 10.2 Å². The Morgan fingerprint density at radius 2 is 1.70 bits per heavy atom. The van der Waals surface area contributed by atoms with Crippen LogP contribution in [0.2, 0.25) is 5.02 Å². The summed E-state index contributed by atoms with van der Waals surface area (Å²) < 4.78 is 33.3. The zero-order valence-corrected chi connectivity index (χ0v) is 21.2. The summed E-state index contributed by atoms with van der Waals surface area (Å²) in [6, 6.07) is 8.64. The number of carbonyl (C=O) groups excluding carboxylic acids is 2. The van der Waals surface area contributed by atoms with Crippen LogP contribution in [0.5, 0.6) is 5.75 Å². The highest BCUT2D eigenvalue weighted by Gasteiger charge is 2.25. The average Bonchev–Trinajstić information content (AvgIpc) is 2.68. The molecule has 0 unspecified atom stereocenters. The molecule has 180 valence electrons. The standard InChI is InChI=1S/C20H24BrClN4O6S/c1-20(2,3)32-19(29)23-10-11-24-33(30,31)17-13(22)8-9-15(16(17)27)26-18(28)25-14-7-5-4-6-12(14)21/h4-9,24,27H,10-11H2,1-3H3,(H,23,29)(H2,25,26,28). The lowest BCUT2D eigenvalue weighted by atomic mass is 10.2. The molecule has 33 heavy (non-hydrogen) atoms. The number of phenols is 1. The maximum atomic E-state index is 12.7. The van der Waals surface area contributed by atoms with E-state index in [1.54, 1.807) is 45.0 Å². The smallest absolute Gasteiger partial charge is 0.407 e. The predicted molar refractivity (Wildman–Crippen MR) is 129 cm³/mol. The van der Waals surface area contributed by atoms with Gasteiger partial charge in [-0.25, -0.2) is 22.7 Å². The average molecular weight is 564 g/mol. The van der Waals surface area contributed by atoms with E-state index >= 15 is 0 Å². The zero-order valence-electron chi connectivity index (χ0n) is 18.0. The molecular formula is C20H24BrClN4O6S. The fourth-order valence-corrected chi connectivity index (χ4v) is 4.52. The van der Waals surface area contributed by atoms with Crippen molar-refractivity contribution in [2.24, 2.45) is 0 Å². The molecule has 2 aromatic rings. The van der Waals surface area contributed by atoms with Gasteiger partial charge in [0.25, 0.3) is 0 Å². The van der Waals surface area contributed by atoms with E-state index in [0.717, 1.165) is 0 Å². The van der Waals surface area contributed by atoms with Crippen LogP contribution in [0.15, 0.2) is 45.8 Å². The fourth-order valence-electron chi connectivity index (χ4n) is 2.48. The van der Waals surface area contributed by atoms with Gasteiger partial charge in [0.1, 0.15) is 10.5 Å². The maximum Gasteiger partial charge on any atom is 0.407 e. The number of aromatic hydroxyl groups is 1. The Kier molecular flexibility index (Phi) is 8.95. The molecule has 0 fully saturated rings. The van der Waals surface area contributed by atoms with Crippen molar-refractivity contribution in [3.05, 3.63) is 45.9 Å². The number of benzene rings is 2. The number of amides is 3. The SMILES string of the molecule is CC(C)(C)OC(=O)NCCNS(=O)(=O)c1c(Cl)ccc(NC(=O)Nc2ccccc2Br)c1O. The number of nitrogens with one attached hydrogen (secondary N) is 4. The third kappa shape index (κ3) is 8.07. The molecule has 2 aromatic carbocycles. The molecule has 0 atom stereocenters. The van der Waals surface area contributed by atoms with Crippen LogP contribution in [0.25, 0.3) is 0 Å². The quantitative estimate of drug-likeness (QED) is 0.251. The van der Waals surface area contributed by atoms with Gasteiger partial charge in [0.05, 0.1) is 16.4 Å². The van der Waals surface area contributed by atoms with Crippen LogP contribution in [-0.4, -0.2) is 44.3 Å². The van der Waals surface area contributed by atoms with Crippen LogP contribution in [-0.2, 0) is 14.8 Å². The first-order chi connectivity index (χ1) is 15.3. The molecule has 0 saturated heterocycles. The van der Waals surface area contributed by atoms with Crippen LogP contribution >= 0.6 is 27.5 Å². The molecule has 5 N–H and O–H groups in total. The van der Waals surface area contributed by atoms with Crippen molar-refractivity contribution in [2.45, 2.75) is 31.3 Å². The van der Waals surface area contributed by atoms with E-state index < -0.39 is 38.4 Å². The molecule has 10 nitrogen and oxygen atoms in total. The molecular weight excluding hydrogens is 540 g/mol. The minimum atomic E-state index is -4.28. The summed E-state index contributed by atoms with van der Waals surface area (Å²) in [5.74, 6) is -0.739. The van der Waals surface area contributed by atoms with Crippen LogP contribution in [0.4, 0.5) is 21.0 Å². The third-order valence-electron chi connectivity index (χ3n) is 3.81. The first-order valence-corrected chi connectivity index (χ1v) is 12.3. The second-order valence-corrected chi connectivity index (χ2v) is 10.6. The van der Waals surface area contributed by atoms with E-state index in [9.17, 15) is 23.1 Å². The maximum absolute atomic E-state index is 12.7. The van der Waals surface area contributed by atoms with Gasteiger partial charge in [-0.3, -0.25) is 0 Å². The summed E-state index contributed by atoms with van der Waals surface area (Å²) in [5.41, 5.74) is -0.397. The summed E-state index contributed by atoms with van der Waals surface area (Å²) in [7, 11) is -4.28. The number of anilines is 2. The summed E-state index contributed by atoms with van der Waals surface area (Å²) in [6.07, 6.45) is -0.704. The van der Waals surface area contributed by atoms with Crippen molar-refractivity contribution in [2.75, 3.05) is 23.7 Å². The largest absolute Gasteiger partial charge is 0.504 e. The van der Waals surface area contributed by atoms with E-state index in [2.05, 4.69) is 36.6 Å². The van der Waals surface area contributed by atoms with Gasteiger partial charge in [-0.05, 0) is 61.0 Å². The number of urea groups is 1. The molecule has 2 rings (SSSR count). The summed E-state index contributed by atoms with van der Waals surface area (Å²) in [4.78, 5) is 23.3. The van der Waals surface area contributed by atoms with E-state index in [1.165, 1.54) is 12.1 Å². The normalized spacial score (nSPS) is 11.5. The van der Waals surface area contributed by atoms with E-state index in [4.69, 9.17) is 16.3 Å². The lowest BCUT2D eigenvalue weighted by molar-refractivity contribution is 0.0529. The molecule has 0 bridgehead atoms. The number of rotatable bonds is 7. The number of para-hydroxylation sites is 1. The lowest BCUT2D eigenvalue weighted by Gasteiger charge is -2.19. The van der Waals surface area contributed by atoms with Gasteiger partial charge in [0.15, 0.2) is 5.75 Å². The number of hydrogen-bond acceptors (Lipinski definition) is 6. The van der Waals surface area contributed by atoms with E-state index in [1.807, 2.05) is 0 Å². The van der Waals surface area contributed by atoms with Crippen molar-refractivity contribution in [1.82, 2.24) is 10.0 Å². The highest BCUT2D eigenvalue weighted by atomic mass is 79.9. The number of alkyl carbamates (subject to hydrolysis) is 1. The minimum Gasteiger partial charge on any atom is -0.504 e. The van der Waals surface area contributed by atoms with Crippen molar-refractivity contribution >= 4 is 61.1 Å². The summed E-state index contributed by atoms with van der Waals surface area (Å²) >= 11 is 9.30. The van der Waals surface area contributed by atoms with Crippen LogP contribution in [0.1, 0.15) is 20.8 Å². The highest BCUT2D eigenvalue weighted by molar-refractivity contribution is 9.10. The fraction of sp³-hybridized carbons (Fsp3) is 0.300. The molecule has 0 spiro atoms. The molecule has 0 aliphatic carbocycles. The number of sulfonamides is 1. The minimum absolute atomic E-state index is 0.0706. The van der Waals surface area contributed by atoms with Crippen molar-refractivity contribution in [3.8, 4) is 5.75 Å². The molecule has 3 amide bonds. The van der Waals surface area contributed by atoms with Crippen molar-refractivity contribution < 1.29 is 27.9 Å². The second-order valence-electron chi connectivity index (χ2n) is 7.66. The van der Waals surface area contributed by atoms with Crippen LogP contribution in [0.3, 0.4) is 0 Å². The number of phenolic OH excluding ortho intramolecular Hbond substituents is 1. The number of halogens is 2. The lowest BCUT2D eigenvalue weighted by Crippen LogP contribution is -2.37. The van der Waals surface area contributed by atoms with Gasteiger partial charge >= 0.3 is 12.1 Å². The second kappa shape index (κ2) is 11.1. The molecule has 0 aliphatic heterocycles. The summed E-state index contributed by atoms with van der Waals surface area (Å²) in [6.45, 7) is 4.82. The van der Waals surface area contributed by atoms with Crippen molar-refractivity contribution in [3.63, 3.8) is 0 Å². The summed E-state index contributed by atoms with van der Waals surface area (Å²) in [5, 5.41) is 17.6. The Morgan fingerprint density at radius 3 is 2.33 bits per heavy atom. The van der Waals surface area contributed by atoms with Crippen LogP contribution < -0.4 is 20.7 Å². The van der Waals surface area contributed by atoms with Crippen LogP contribution in [0, 0.1) is 0 Å². The first-order valence-electron chi connectivity index (χ1n) is 9.60. The van der Waals surface area contributed by atoms with Gasteiger partial charge in [0, 0.05) is 17.6 Å². The van der Waals surface area contributed by atoms with Gasteiger partial charge in [-0.2, -0.15) is 0 Å². The Hall–Kier alpha value is -2.54. The third-order valence-corrected chi connectivity index (χ3v) is 6.46. The first kappa shape index (κ1) is 26.7. The zero-order chi connectivity index (χ0) is 24.8. The molecule has 0 saturated carbocycles. The molecule has 0 heterocycles. The molecule has 13 heteroatoms. The van der Waals surface area contributed by atoms with Gasteiger partial charge < -0.3 is 25.8 Å². The number of carbonyl (C=O) groups is 2. The predicted octanol–water partition coefficient (Wildman–Crippen LogP) is 4.26.